The summed E-state index contributed by atoms with van der Waals surface area (Å²) in [6, 6.07) is 6.46. The quantitative estimate of drug-likeness (QED) is 0.556. The van der Waals surface area contributed by atoms with Crippen LogP contribution in [0.15, 0.2) is 36.9 Å². The maximum Gasteiger partial charge on any atom is 0.326 e. The molecular formula is C22H22ClF2N7O. The molecule has 2 unspecified atom stereocenters. The minimum Gasteiger partial charge on any atom is -0.421 e. The molecule has 1 saturated heterocycles. The normalized spacial score (nSPS) is 22.2. The lowest BCUT2D eigenvalue weighted by Gasteiger charge is -2.38. The Morgan fingerprint density at radius 1 is 1.21 bits per heavy atom. The first-order valence-electron chi connectivity index (χ1n) is 10.7. The van der Waals surface area contributed by atoms with E-state index in [0.29, 0.717) is 24.1 Å². The molecule has 8 nitrogen and oxygen atoms in total. The molecule has 1 aromatic carbocycles. The molecule has 33 heavy (non-hydrogen) atoms. The van der Waals surface area contributed by atoms with Gasteiger partial charge in [-0.25, -0.2) is 18.7 Å². The minimum atomic E-state index is -0.724. The lowest BCUT2D eigenvalue weighted by molar-refractivity contribution is 0.374. The second-order valence-electron chi connectivity index (χ2n) is 8.28. The number of nitrogens with zero attached hydrogens (tertiary/aromatic N) is 6. The van der Waals surface area contributed by atoms with Crippen molar-refractivity contribution in [3.63, 3.8) is 0 Å². The van der Waals surface area contributed by atoms with E-state index >= 15 is 0 Å². The van der Waals surface area contributed by atoms with E-state index in [9.17, 15) is 8.78 Å². The van der Waals surface area contributed by atoms with Crippen LogP contribution in [-0.4, -0.2) is 43.9 Å². The zero-order valence-electron chi connectivity index (χ0n) is 17.8. The number of aryl methyl sites for hydroxylation is 1. The van der Waals surface area contributed by atoms with Gasteiger partial charge < -0.3 is 15.0 Å². The number of hydrogen-bond donors (Lipinski definition) is 1. The van der Waals surface area contributed by atoms with Crippen molar-refractivity contribution in [2.45, 2.75) is 25.8 Å². The third-order valence-electron chi connectivity index (χ3n) is 6.16. The maximum atomic E-state index is 14.3. The summed E-state index contributed by atoms with van der Waals surface area (Å²) in [5.41, 5.74) is 0.937. The van der Waals surface area contributed by atoms with Gasteiger partial charge in [0.1, 0.15) is 18.5 Å². The van der Waals surface area contributed by atoms with Gasteiger partial charge in [-0.15, -0.1) is 5.10 Å². The lowest BCUT2D eigenvalue weighted by atomic mass is 9.92. The van der Waals surface area contributed by atoms with Gasteiger partial charge in [0.15, 0.2) is 11.6 Å². The standard InChI is InChI=1S/C22H22ClF2N7O/c1-13-9-18(27-12-26-13)31-10-14-5-6-15(11-31)20(14)28-21-29-22(32(30-21)8-7-24)33-17-4-2-3-16(23)19(17)25/h2-4,7-9,12,14-15,20H,5-6,10-11H2,1H3,(H,28,30)/b8-7+. The predicted molar refractivity (Wildman–Crippen MR) is 121 cm³/mol. The average molecular weight is 474 g/mol. The summed E-state index contributed by atoms with van der Waals surface area (Å²) in [7, 11) is 0. The molecule has 2 bridgehead atoms. The molecule has 3 heterocycles. The van der Waals surface area contributed by atoms with Gasteiger partial charge in [-0.2, -0.15) is 9.67 Å². The molecule has 1 N–H and O–H groups in total. The van der Waals surface area contributed by atoms with E-state index in [1.165, 1.54) is 12.1 Å². The molecule has 5 rings (SSSR count). The Labute approximate surface area is 194 Å². The first kappa shape index (κ1) is 21.6. The predicted octanol–water partition coefficient (Wildman–Crippen LogP) is 4.69. The van der Waals surface area contributed by atoms with Crippen LogP contribution < -0.4 is 15.0 Å². The summed E-state index contributed by atoms with van der Waals surface area (Å²) in [6.45, 7) is 3.66. The fourth-order valence-electron chi connectivity index (χ4n) is 4.66. The minimum absolute atomic E-state index is 0.0752. The number of fused-ring (bicyclic) bond motifs is 2. The highest BCUT2D eigenvalue weighted by Gasteiger charge is 2.43. The van der Waals surface area contributed by atoms with Crippen LogP contribution in [-0.2, 0) is 0 Å². The van der Waals surface area contributed by atoms with E-state index in [1.54, 1.807) is 12.4 Å². The van der Waals surface area contributed by atoms with Crippen molar-refractivity contribution in [1.29, 1.82) is 0 Å². The van der Waals surface area contributed by atoms with Crippen molar-refractivity contribution < 1.29 is 13.5 Å². The van der Waals surface area contributed by atoms with E-state index in [4.69, 9.17) is 16.3 Å². The van der Waals surface area contributed by atoms with Crippen LogP contribution in [0.5, 0.6) is 11.8 Å². The van der Waals surface area contributed by atoms with Crippen molar-refractivity contribution in [2.75, 3.05) is 23.3 Å². The first-order valence-corrected chi connectivity index (χ1v) is 11.0. The molecule has 1 aliphatic carbocycles. The van der Waals surface area contributed by atoms with Crippen molar-refractivity contribution in [3.05, 3.63) is 53.5 Å². The Morgan fingerprint density at radius 2 is 2.00 bits per heavy atom. The first-order chi connectivity index (χ1) is 16.0. The number of halogens is 3. The zero-order chi connectivity index (χ0) is 22.9. The number of rotatable bonds is 6. The van der Waals surface area contributed by atoms with Gasteiger partial charge in [0.2, 0.25) is 5.95 Å². The molecule has 0 amide bonds. The smallest absolute Gasteiger partial charge is 0.326 e. The molecule has 2 aliphatic rings. The number of aromatic nitrogens is 5. The van der Waals surface area contributed by atoms with Crippen LogP contribution in [0.1, 0.15) is 18.5 Å². The van der Waals surface area contributed by atoms with E-state index in [1.807, 2.05) is 13.0 Å². The molecule has 11 heteroatoms. The van der Waals surface area contributed by atoms with E-state index in [-0.39, 0.29) is 22.8 Å². The Hall–Kier alpha value is -3.27. The van der Waals surface area contributed by atoms with Gasteiger partial charge in [-0.1, -0.05) is 17.7 Å². The van der Waals surface area contributed by atoms with Crippen molar-refractivity contribution in [1.82, 2.24) is 24.7 Å². The number of benzene rings is 1. The summed E-state index contributed by atoms with van der Waals surface area (Å²) in [5, 5.41) is 7.60. The molecule has 172 valence electrons. The zero-order valence-corrected chi connectivity index (χ0v) is 18.6. The number of nitrogens with one attached hydrogen (secondary N) is 1. The second-order valence-corrected chi connectivity index (χ2v) is 8.69. The number of piperidine rings is 1. The molecular weight excluding hydrogens is 452 g/mol. The monoisotopic (exact) mass is 473 g/mol. The third-order valence-corrected chi connectivity index (χ3v) is 6.45. The average Bonchev–Trinajstić information content (AvgIpc) is 3.26. The molecule has 0 radical (unpaired) electrons. The fourth-order valence-corrected chi connectivity index (χ4v) is 4.83. The van der Waals surface area contributed by atoms with Crippen LogP contribution in [0.3, 0.4) is 0 Å². The summed E-state index contributed by atoms with van der Waals surface area (Å²) in [4.78, 5) is 15.2. The molecule has 2 atom stereocenters. The Bertz CT molecular complexity index is 1170. The highest BCUT2D eigenvalue weighted by atomic mass is 35.5. The van der Waals surface area contributed by atoms with Crippen molar-refractivity contribution >= 4 is 29.6 Å². The van der Waals surface area contributed by atoms with Crippen molar-refractivity contribution in [2.24, 2.45) is 11.8 Å². The lowest BCUT2D eigenvalue weighted by Crippen LogP contribution is -2.48. The molecule has 1 aliphatic heterocycles. The Kier molecular flexibility index (Phi) is 5.84. The van der Waals surface area contributed by atoms with Gasteiger partial charge in [0.05, 0.1) is 11.2 Å². The molecule has 0 spiro atoms. The SMILES string of the molecule is Cc1cc(N2CC3CCC(C2)C3Nc2nc(Oc3cccc(Cl)c3F)n(/C=C/F)n2)ncn1. The van der Waals surface area contributed by atoms with Crippen LogP contribution in [0, 0.1) is 24.6 Å². The summed E-state index contributed by atoms with van der Waals surface area (Å²) in [5.74, 6) is 1.13. The second kappa shape index (κ2) is 8.93. The van der Waals surface area contributed by atoms with Crippen LogP contribution in [0.2, 0.25) is 5.02 Å². The van der Waals surface area contributed by atoms with E-state index in [0.717, 1.165) is 48.3 Å². The van der Waals surface area contributed by atoms with E-state index in [2.05, 4.69) is 30.3 Å². The largest absolute Gasteiger partial charge is 0.421 e. The topological polar surface area (TPSA) is 81.0 Å². The summed E-state index contributed by atoms with van der Waals surface area (Å²) in [6.07, 6.45) is 5.10. The fraction of sp³-hybridized carbons (Fsp3) is 0.364. The van der Waals surface area contributed by atoms with Crippen LogP contribution in [0.4, 0.5) is 20.5 Å². The number of anilines is 2. The summed E-state index contributed by atoms with van der Waals surface area (Å²) >= 11 is 5.82. The maximum absolute atomic E-state index is 14.3. The molecule has 2 aromatic heterocycles. The van der Waals surface area contributed by atoms with Gasteiger partial charge in [0, 0.05) is 30.9 Å². The van der Waals surface area contributed by atoms with Gasteiger partial charge in [0.25, 0.3) is 0 Å². The molecule has 3 aromatic rings. The highest BCUT2D eigenvalue weighted by molar-refractivity contribution is 6.30. The Morgan fingerprint density at radius 3 is 2.73 bits per heavy atom. The van der Waals surface area contributed by atoms with Gasteiger partial charge in [-0.3, -0.25) is 0 Å². The number of hydrogen-bond acceptors (Lipinski definition) is 7. The Balaban J connectivity index is 1.34. The molecule has 2 fully saturated rings. The highest BCUT2D eigenvalue weighted by Crippen LogP contribution is 2.40. The van der Waals surface area contributed by atoms with E-state index < -0.39 is 5.82 Å². The summed E-state index contributed by atoms with van der Waals surface area (Å²) < 4.78 is 33.8. The molecule has 1 saturated carbocycles. The third kappa shape index (κ3) is 4.35. The van der Waals surface area contributed by atoms with Crippen LogP contribution >= 0.6 is 11.6 Å². The van der Waals surface area contributed by atoms with Crippen molar-refractivity contribution in [3.8, 4) is 11.8 Å². The van der Waals surface area contributed by atoms with Gasteiger partial charge in [-0.05, 0) is 43.7 Å². The van der Waals surface area contributed by atoms with Crippen LogP contribution in [0.25, 0.3) is 6.20 Å². The van der Waals surface area contributed by atoms with Gasteiger partial charge >= 0.3 is 6.01 Å². The number of ether oxygens (including phenoxy) is 1.